The van der Waals surface area contributed by atoms with Crippen LogP contribution in [0.5, 0.6) is 0 Å². The van der Waals surface area contributed by atoms with Crippen LogP contribution >= 0.6 is 0 Å². The van der Waals surface area contributed by atoms with Gasteiger partial charge in [-0.05, 0) is 54.0 Å². The summed E-state index contributed by atoms with van der Waals surface area (Å²) in [4.78, 5) is 16.9. The zero-order valence-corrected chi connectivity index (χ0v) is 17.7. The van der Waals surface area contributed by atoms with E-state index in [4.69, 9.17) is 9.47 Å². The maximum atomic E-state index is 12.9. The molecule has 2 N–H and O–H groups in total. The summed E-state index contributed by atoms with van der Waals surface area (Å²) in [6.07, 6.45) is 11.7. The third kappa shape index (κ3) is 5.93. The summed E-state index contributed by atoms with van der Waals surface area (Å²) in [6.45, 7) is 0.418. The Morgan fingerprint density at radius 3 is 2.61 bits per heavy atom. The summed E-state index contributed by atoms with van der Waals surface area (Å²) < 4.78 is 12.1. The number of allylic oxidation sites excluding steroid dienone is 1. The fourth-order valence-corrected chi connectivity index (χ4v) is 4.40. The number of aromatic nitrogens is 1. The minimum Gasteiger partial charge on any atom is -0.459 e. The van der Waals surface area contributed by atoms with Gasteiger partial charge < -0.3 is 19.9 Å². The van der Waals surface area contributed by atoms with Gasteiger partial charge in [0.15, 0.2) is 5.76 Å². The maximum Gasteiger partial charge on any atom is 0.290 e. The summed E-state index contributed by atoms with van der Waals surface area (Å²) in [5.41, 5.74) is 2.51. The third-order valence-corrected chi connectivity index (χ3v) is 6.13. The minimum absolute atomic E-state index is 0.0240. The Bertz CT molecular complexity index is 876. The van der Waals surface area contributed by atoms with Crippen molar-refractivity contribution >= 4 is 11.6 Å². The first-order valence-electron chi connectivity index (χ1n) is 11.1. The lowest BCUT2D eigenvalue weighted by Crippen LogP contribution is -2.33. The van der Waals surface area contributed by atoms with Crippen LogP contribution in [-0.4, -0.2) is 22.3 Å². The number of hydrogen-bond acceptors (Lipinski definition) is 5. The molecule has 0 saturated heterocycles. The Labute approximate surface area is 183 Å². The molecule has 1 aliphatic heterocycles. The molecule has 31 heavy (non-hydrogen) atoms. The first-order chi connectivity index (χ1) is 15.2. The van der Waals surface area contributed by atoms with Crippen LogP contribution in [0.2, 0.25) is 0 Å². The van der Waals surface area contributed by atoms with Gasteiger partial charge in [0.1, 0.15) is 0 Å². The number of hydrogen-bond donors (Lipinski definition) is 2. The smallest absolute Gasteiger partial charge is 0.290 e. The van der Waals surface area contributed by atoms with Gasteiger partial charge in [0.25, 0.3) is 5.91 Å². The lowest BCUT2D eigenvalue weighted by atomic mass is 9.77. The van der Waals surface area contributed by atoms with Gasteiger partial charge in [-0.25, -0.2) is 0 Å². The number of aliphatic hydroxyl groups is 1. The molecule has 1 amide bonds. The Kier molecular flexibility index (Phi) is 7.33. The van der Waals surface area contributed by atoms with Crippen LogP contribution in [0.25, 0.3) is 0 Å². The van der Waals surface area contributed by atoms with Gasteiger partial charge in [-0.2, -0.15) is 0 Å². The molecule has 6 heteroatoms. The van der Waals surface area contributed by atoms with E-state index < -0.39 is 6.29 Å². The number of carbonyl (C=O) groups excluding carboxylic acids is 1. The predicted octanol–water partition coefficient (Wildman–Crippen LogP) is 4.56. The van der Waals surface area contributed by atoms with Crippen molar-refractivity contribution in [2.45, 2.75) is 58.0 Å². The molecule has 164 valence electrons. The molecule has 0 bridgehead atoms. The topological polar surface area (TPSA) is 80.7 Å². The average Bonchev–Trinajstić information content (AvgIpc) is 2.84. The van der Waals surface area contributed by atoms with Gasteiger partial charge >= 0.3 is 0 Å². The van der Waals surface area contributed by atoms with Crippen LogP contribution in [0.3, 0.4) is 0 Å². The fraction of sp³-hybridized carbons (Fsp3) is 0.440. The number of carbonyl (C=O) groups is 1. The molecule has 1 saturated carbocycles. The van der Waals surface area contributed by atoms with Crippen molar-refractivity contribution in [2.75, 3.05) is 5.32 Å². The second kappa shape index (κ2) is 10.6. The maximum absolute atomic E-state index is 12.9. The van der Waals surface area contributed by atoms with Gasteiger partial charge in [-0.15, -0.1) is 0 Å². The van der Waals surface area contributed by atoms with Crippen LogP contribution in [0.1, 0.15) is 49.7 Å². The Hall–Kier alpha value is -2.70. The predicted molar refractivity (Wildman–Crippen MR) is 118 cm³/mol. The van der Waals surface area contributed by atoms with E-state index in [0.717, 1.165) is 17.5 Å². The number of amides is 1. The molecule has 0 radical (unpaired) electrons. The highest BCUT2D eigenvalue weighted by Crippen LogP contribution is 2.37. The van der Waals surface area contributed by atoms with E-state index in [1.807, 2.05) is 30.3 Å². The van der Waals surface area contributed by atoms with Crippen LogP contribution in [0.15, 0.2) is 60.6 Å². The molecular weight excluding hydrogens is 392 g/mol. The summed E-state index contributed by atoms with van der Waals surface area (Å²) in [7, 11) is 0. The lowest BCUT2D eigenvalue weighted by molar-refractivity contribution is -0.153. The van der Waals surface area contributed by atoms with Crippen molar-refractivity contribution in [3.05, 3.63) is 71.8 Å². The number of nitrogens with one attached hydrogen (secondary N) is 1. The van der Waals surface area contributed by atoms with E-state index in [2.05, 4.69) is 10.3 Å². The van der Waals surface area contributed by atoms with Crippen LogP contribution in [0, 0.1) is 11.8 Å². The zero-order chi connectivity index (χ0) is 21.5. The van der Waals surface area contributed by atoms with Crippen LogP contribution in [0.4, 0.5) is 5.69 Å². The van der Waals surface area contributed by atoms with Gasteiger partial charge in [-0.3, -0.25) is 9.78 Å². The zero-order valence-electron chi connectivity index (χ0n) is 17.7. The molecular formula is C25H30N2O4. The van der Waals surface area contributed by atoms with Gasteiger partial charge in [-0.1, -0.05) is 43.5 Å². The second-order valence-electron chi connectivity index (χ2n) is 8.36. The number of nitrogens with zero attached hydrogens (tertiary/aromatic N) is 1. The van der Waals surface area contributed by atoms with Crippen molar-refractivity contribution in [1.29, 1.82) is 0 Å². The number of rotatable bonds is 7. The van der Waals surface area contributed by atoms with Crippen molar-refractivity contribution in [3.63, 3.8) is 0 Å². The van der Waals surface area contributed by atoms with Crippen molar-refractivity contribution in [2.24, 2.45) is 11.8 Å². The summed E-state index contributed by atoms with van der Waals surface area (Å²) in [5.74, 6) is 0.889. The highest BCUT2D eigenvalue weighted by atomic mass is 16.7. The number of pyridine rings is 1. The molecule has 1 aromatic heterocycles. The second-order valence-corrected chi connectivity index (χ2v) is 8.36. The third-order valence-electron chi connectivity index (χ3n) is 6.13. The van der Waals surface area contributed by atoms with Crippen molar-refractivity contribution < 1.29 is 19.4 Å². The van der Waals surface area contributed by atoms with Gasteiger partial charge in [0, 0.05) is 12.6 Å². The molecule has 6 nitrogen and oxygen atoms in total. The van der Waals surface area contributed by atoms with E-state index >= 15 is 0 Å². The van der Waals surface area contributed by atoms with Gasteiger partial charge in [0.05, 0.1) is 25.1 Å². The molecule has 4 rings (SSSR count). The molecule has 0 unspecified atom stereocenters. The highest BCUT2D eigenvalue weighted by molar-refractivity contribution is 6.02. The SMILES string of the molecule is O=C(Nc1cccnc1)C1=C[C@H](C2CCCCC2)C[C@H](OCc2ccc(CO)cc2)O1. The normalized spacial score (nSPS) is 21.8. The first-order valence-corrected chi connectivity index (χ1v) is 11.1. The average molecular weight is 423 g/mol. The molecule has 1 aliphatic carbocycles. The molecule has 1 aromatic carbocycles. The Morgan fingerprint density at radius 2 is 1.90 bits per heavy atom. The number of ether oxygens (including phenoxy) is 2. The Morgan fingerprint density at radius 1 is 1.13 bits per heavy atom. The summed E-state index contributed by atoms with van der Waals surface area (Å²) >= 11 is 0. The standard InChI is InChI=1S/C25H30N2O4/c28-16-18-8-10-19(11-9-18)17-30-24-14-21(20-5-2-1-3-6-20)13-23(31-24)25(29)27-22-7-4-12-26-15-22/h4,7-13,15,20-21,24,28H,1-3,5-6,14,16-17H2,(H,27,29)/t21-,24+/m0/s1. The van der Waals surface area contributed by atoms with Gasteiger partial charge in [0.2, 0.25) is 6.29 Å². The Balaban J connectivity index is 1.44. The number of benzene rings is 1. The molecule has 0 spiro atoms. The lowest BCUT2D eigenvalue weighted by Gasteiger charge is -2.35. The highest BCUT2D eigenvalue weighted by Gasteiger charge is 2.33. The quantitative estimate of drug-likeness (QED) is 0.684. The van der Waals surface area contributed by atoms with Crippen LogP contribution < -0.4 is 5.32 Å². The van der Waals surface area contributed by atoms with E-state index in [0.29, 0.717) is 24.0 Å². The first kappa shape index (κ1) is 21.5. The summed E-state index contributed by atoms with van der Waals surface area (Å²) in [6, 6.07) is 11.2. The fourth-order valence-electron chi connectivity index (χ4n) is 4.40. The molecule has 2 aliphatic rings. The van der Waals surface area contributed by atoms with E-state index in [1.54, 1.807) is 24.5 Å². The monoisotopic (exact) mass is 422 g/mol. The number of aliphatic hydroxyl groups excluding tert-OH is 1. The molecule has 2 atom stereocenters. The molecule has 2 aromatic rings. The molecule has 1 fully saturated rings. The van der Waals surface area contributed by atoms with E-state index in [1.165, 1.54) is 32.1 Å². The van der Waals surface area contributed by atoms with E-state index in [9.17, 15) is 9.90 Å². The van der Waals surface area contributed by atoms with Crippen molar-refractivity contribution in [3.8, 4) is 0 Å². The van der Waals surface area contributed by atoms with E-state index in [-0.39, 0.29) is 18.4 Å². The van der Waals surface area contributed by atoms with Crippen molar-refractivity contribution in [1.82, 2.24) is 4.98 Å². The number of anilines is 1. The molecule has 2 heterocycles. The van der Waals surface area contributed by atoms with Crippen LogP contribution in [-0.2, 0) is 27.5 Å². The summed E-state index contributed by atoms with van der Waals surface area (Å²) in [5, 5.41) is 12.1. The largest absolute Gasteiger partial charge is 0.459 e. The minimum atomic E-state index is -0.468.